The number of hydrogen-bond acceptors (Lipinski definition) is 4. The Bertz CT molecular complexity index is 2070. The summed E-state index contributed by atoms with van der Waals surface area (Å²) in [5.74, 6) is -1.38. The van der Waals surface area contributed by atoms with Crippen molar-refractivity contribution in [3.05, 3.63) is 121 Å². The van der Waals surface area contributed by atoms with Gasteiger partial charge in [-0.3, -0.25) is 9.59 Å². The second-order valence-corrected chi connectivity index (χ2v) is 11.2. The highest BCUT2D eigenvalue weighted by molar-refractivity contribution is 6.02. The lowest BCUT2D eigenvalue weighted by molar-refractivity contribution is 0.0785. The highest BCUT2D eigenvalue weighted by Crippen LogP contribution is 2.47. The van der Waals surface area contributed by atoms with Crippen LogP contribution in [0.2, 0.25) is 0 Å². The molecule has 1 amide bonds. The number of amides is 1. The topological polar surface area (TPSA) is 118 Å². The van der Waals surface area contributed by atoms with Crippen molar-refractivity contribution >= 4 is 16.8 Å². The summed E-state index contributed by atoms with van der Waals surface area (Å²) in [7, 11) is 0. The largest absolute Gasteiger partial charge is 0.386 e. The molecule has 41 heavy (non-hydrogen) atoms. The number of rotatable bonds is 4. The summed E-state index contributed by atoms with van der Waals surface area (Å²) in [6.45, 7) is 6.97. The normalized spacial score (nSPS) is 12.4. The Morgan fingerprint density at radius 3 is 2.46 bits per heavy atom. The summed E-state index contributed by atoms with van der Waals surface area (Å²) < 4.78 is 17.1. The number of nitrogens with zero attached hydrogens (tertiary/aromatic N) is 1. The number of benzene rings is 4. The van der Waals surface area contributed by atoms with E-state index in [1.54, 1.807) is 63.2 Å². The maximum absolute atomic E-state index is 16.0. The Labute approximate surface area is 234 Å². The van der Waals surface area contributed by atoms with Crippen molar-refractivity contribution in [3.63, 3.8) is 0 Å². The van der Waals surface area contributed by atoms with E-state index in [1.807, 2.05) is 19.1 Å². The number of H-pyrrole nitrogens is 1. The Balaban J connectivity index is 1.63. The maximum Gasteiger partial charge on any atom is 0.333 e. The quantitative estimate of drug-likeness (QED) is 0.287. The van der Waals surface area contributed by atoms with Crippen LogP contribution in [0.25, 0.3) is 38.8 Å². The summed E-state index contributed by atoms with van der Waals surface area (Å²) in [5.41, 5.74) is 9.87. The van der Waals surface area contributed by atoms with Crippen LogP contribution in [0, 0.1) is 19.7 Å². The molecule has 5 aromatic rings. The number of primary amides is 1. The van der Waals surface area contributed by atoms with Gasteiger partial charge in [-0.15, -0.1) is 0 Å². The molecule has 0 saturated heterocycles. The van der Waals surface area contributed by atoms with Gasteiger partial charge in [-0.2, -0.15) is 0 Å². The van der Waals surface area contributed by atoms with Crippen LogP contribution in [0.4, 0.5) is 4.39 Å². The molecule has 1 aliphatic rings. The minimum absolute atomic E-state index is 0.0913. The van der Waals surface area contributed by atoms with Gasteiger partial charge in [0.1, 0.15) is 5.82 Å². The first-order valence-corrected chi connectivity index (χ1v) is 13.2. The Kier molecular flexibility index (Phi) is 5.86. The zero-order valence-corrected chi connectivity index (χ0v) is 23.1. The molecule has 0 bridgehead atoms. The Hall–Kier alpha value is -4.82. The number of aromatic nitrogens is 2. The molecule has 1 aromatic heterocycles. The van der Waals surface area contributed by atoms with Gasteiger partial charge < -0.3 is 15.8 Å². The predicted molar refractivity (Wildman–Crippen MR) is 157 cm³/mol. The lowest BCUT2D eigenvalue weighted by Gasteiger charge is -2.20. The van der Waals surface area contributed by atoms with E-state index in [1.165, 1.54) is 0 Å². The summed E-state index contributed by atoms with van der Waals surface area (Å²) in [6.07, 6.45) is 0.335. The fourth-order valence-corrected chi connectivity index (χ4v) is 5.90. The standard InChI is InChI=1S/C33H28FN3O4/c1-16-8-10-22-26(12-16)36-32(40)37(31(22)39)27-7-5-6-20(17(27)2)29-25(34)15-24(30(35)38)23-14-18-13-19(33(3,4)41)9-11-21(18)28(23)29/h5-13,15,41H,14H2,1-4H3,(H2,35,38)(H,36,40). The van der Waals surface area contributed by atoms with Gasteiger partial charge in [0.15, 0.2) is 0 Å². The number of fused-ring (bicyclic) bond motifs is 4. The average molecular weight is 550 g/mol. The van der Waals surface area contributed by atoms with Crippen LogP contribution < -0.4 is 17.0 Å². The molecule has 0 saturated carbocycles. The average Bonchev–Trinajstić information content (AvgIpc) is 3.27. The molecule has 1 heterocycles. The zero-order valence-electron chi connectivity index (χ0n) is 23.1. The number of halogens is 1. The number of aryl methyl sites for hydroxylation is 1. The minimum Gasteiger partial charge on any atom is -0.386 e. The predicted octanol–water partition coefficient (Wildman–Crippen LogP) is 5.00. The highest BCUT2D eigenvalue weighted by Gasteiger charge is 2.31. The molecule has 0 aliphatic heterocycles. The molecule has 7 nitrogen and oxygen atoms in total. The van der Waals surface area contributed by atoms with E-state index in [4.69, 9.17) is 5.73 Å². The van der Waals surface area contributed by atoms with Crippen molar-refractivity contribution in [2.45, 2.75) is 39.7 Å². The number of hydrogen-bond donors (Lipinski definition) is 3. The third-order valence-corrected chi connectivity index (χ3v) is 7.97. The van der Waals surface area contributed by atoms with Crippen molar-refractivity contribution in [2.75, 3.05) is 0 Å². The van der Waals surface area contributed by atoms with Gasteiger partial charge in [0, 0.05) is 11.1 Å². The first-order valence-electron chi connectivity index (χ1n) is 13.2. The van der Waals surface area contributed by atoms with E-state index in [9.17, 15) is 19.5 Å². The number of carbonyl (C=O) groups excluding carboxylic acids is 1. The van der Waals surface area contributed by atoms with Gasteiger partial charge >= 0.3 is 5.69 Å². The molecule has 4 N–H and O–H groups in total. The molecular formula is C33H28FN3O4. The summed E-state index contributed by atoms with van der Waals surface area (Å²) in [4.78, 5) is 41.9. The number of carbonyl (C=O) groups is 1. The van der Waals surface area contributed by atoms with Crippen LogP contribution in [0.5, 0.6) is 0 Å². The molecule has 6 rings (SSSR count). The van der Waals surface area contributed by atoms with Crippen LogP contribution in [0.1, 0.15) is 52.0 Å². The molecule has 0 fully saturated rings. The molecule has 0 radical (unpaired) electrons. The first-order chi connectivity index (χ1) is 19.4. The molecule has 1 aliphatic carbocycles. The van der Waals surface area contributed by atoms with Crippen molar-refractivity contribution in [1.82, 2.24) is 9.55 Å². The van der Waals surface area contributed by atoms with E-state index < -0.39 is 28.6 Å². The second-order valence-electron chi connectivity index (χ2n) is 11.2. The van der Waals surface area contributed by atoms with Crippen LogP contribution in [0.15, 0.2) is 70.3 Å². The fourth-order valence-electron chi connectivity index (χ4n) is 5.90. The minimum atomic E-state index is -1.09. The van der Waals surface area contributed by atoms with Crippen molar-refractivity contribution in [1.29, 1.82) is 0 Å². The van der Waals surface area contributed by atoms with E-state index in [0.29, 0.717) is 50.8 Å². The Morgan fingerprint density at radius 1 is 1.00 bits per heavy atom. The van der Waals surface area contributed by atoms with E-state index >= 15 is 4.39 Å². The zero-order chi connectivity index (χ0) is 29.4. The maximum atomic E-state index is 16.0. The number of nitrogens with two attached hydrogens (primary N) is 1. The molecule has 4 aromatic carbocycles. The first kappa shape index (κ1) is 26.4. The molecule has 8 heteroatoms. The smallest absolute Gasteiger partial charge is 0.333 e. The third kappa shape index (κ3) is 4.10. The van der Waals surface area contributed by atoms with E-state index in [-0.39, 0.29) is 11.1 Å². The van der Waals surface area contributed by atoms with Crippen molar-refractivity contribution in [2.24, 2.45) is 5.73 Å². The lowest BCUT2D eigenvalue weighted by Crippen LogP contribution is -2.34. The van der Waals surface area contributed by atoms with Gasteiger partial charge in [0.25, 0.3) is 5.56 Å². The van der Waals surface area contributed by atoms with Gasteiger partial charge in [0.05, 0.1) is 22.2 Å². The summed E-state index contributed by atoms with van der Waals surface area (Å²) in [5, 5.41) is 10.9. The van der Waals surface area contributed by atoms with Crippen LogP contribution in [-0.2, 0) is 12.0 Å². The van der Waals surface area contributed by atoms with Crippen LogP contribution in [0.3, 0.4) is 0 Å². The van der Waals surface area contributed by atoms with Gasteiger partial charge in [-0.05, 0) is 103 Å². The SMILES string of the molecule is Cc1ccc2c(=O)n(-c3cccc(-c4c(F)cc(C(N)=O)c5c4-c4ccc(C(C)(C)O)cc4C5)c3C)c(=O)[nH]c2c1. The van der Waals surface area contributed by atoms with E-state index in [2.05, 4.69) is 4.98 Å². The number of nitrogens with one attached hydrogen (secondary N) is 1. The van der Waals surface area contributed by atoms with E-state index in [0.717, 1.165) is 27.3 Å². The fraction of sp³-hybridized carbons (Fsp3) is 0.182. The molecule has 0 atom stereocenters. The monoisotopic (exact) mass is 549 g/mol. The molecule has 206 valence electrons. The lowest BCUT2D eigenvalue weighted by atomic mass is 9.88. The van der Waals surface area contributed by atoms with Gasteiger partial charge in [0.2, 0.25) is 5.91 Å². The number of aliphatic hydroxyl groups is 1. The third-order valence-electron chi connectivity index (χ3n) is 7.97. The summed E-state index contributed by atoms with van der Waals surface area (Å²) in [6, 6.07) is 16.9. The van der Waals surface area contributed by atoms with Gasteiger partial charge in [-0.25, -0.2) is 13.8 Å². The molecule has 0 unspecified atom stereocenters. The van der Waals surface area contributed by atoms with Crippen LogP contribution in [-0.4, -0.2) is 20.6 Å². The van der Waals surface area contributed by atoms with Crippen molar-refractivity contribution < 1.29 is 14.3 Å². The highest BCUT2D eigenvalue weighted by atomic mass is 19.1. The molecule has 0 spiro atoms. The summed E-state index contributed by atoms with van der Waals surface area (Å²) >= 11 is 0. The second kappa shape index (κ2) is 9.11. The van der Waals surface area contributed by atoms with Crippen LogP contribution >= 0.6 is 0 Å². The Morgan fingerprint density at radius 2 is 1.76 bits per heavy atom. The molecular weight excluding hydrogens is 521 g/mol. The van der Waals surface area contributed by atoms with Gasteiger partial charge in [-0.1, -0.05) is 36.4 Å². The van der Waals surface area contributed by atoms with Crippen molar-refractivity contribution in [3.8, 4) is 27.9 Å². The number of aromatic amines is 1.